The lowest BCUT2D eigenvalue weighted by molar-refractivity contribution is -0.127. The second-order valence-corrected chi connectivity index (χ2v) is 6.83. The number of hydrogen-bond acceptors (Lipinski definition) is 4. The lowest BCUT2D eigenvalue weighted by Gasteiger charge is -2.33. The topological polar surface area (TPSA) is 64.6 Å². The number of rotatable bonds is 5. The maximum Gasteiger partial charge on any atom is 0.407 e. The fourth-order valence-electron chi connectivity index (χ4n) is 2.80. The highest BCUT2D eigenvalue weighted by Crippen LogP contribution is 2.31. The fraction of sp³-hybridized carbons (Fsp3) is 0.875. The molecule has 0 aromatic heterocycles. The normalized spacial score (nSPS) is 24.5. The molecule has 1 fully saturated rings. The first-order chi connectivity index (χ1) is 9.76. The molecule has 122 valence electrons. The van der Waals surface area contributed by atoms with E-state index in [0.29, 0.717) is 18.9 Å². The lowest BCUT2D eigenvalue weighted by atomic mass is 9.76. The number of hydrogen-bond donors (Lipinski definition) is 1. The molecule has 1 N–H and O–H groups in total. The maximum absolute atomic E-state index is 12.2. The van der Waals surface area contributed by atoms with Gasteiger partial charge in [-0.15, -0.1) is 0 Å². The van der Waals surface area contributed by atoms with Crippen molar-refractivity contribution < 1.29 is 19.1 Å². The van der Waals surface area contributed by atoms with Gasteiger partial charge >= 0.3 is 6.09 Å². The summed E-state index contributed by atoms with van der Waals surface area (Å²) in [5, 5.41) is 2.81. The van der Waals surface area contributed by atoms with Crippen LogP contribution in [0.15, 0.2) is 0 Å². The second kappa shape index (κ2) is 7.78. The van der Waals surface area contributed by atoms with E-state index in [4.69, 9.17) is 9.47 Å². The molecule has 0 aliphatic heterocycles. The summed E-state index contributed by atoms with van der Waals surface area (Å²) >= 11 is 0. The highest BCUT2D eigenvalue weighted by molar-refractivity contribution is 5.83. The number of methoxy groups -OCH3 is 1. The van der Waals surface area contributed by atoms with E-state index in [-0.39, 0.29) is 17.7 Å². The molecule has 1 rings (SSSR count). The quantitative estimate of drug-likeness (QED) is 0.847. The molecule has 1 saturated carbocycles. The van der Waals surface area contributed by atoms with Crippen LogP contribution in [0.1, 0.15) is 53.4 Å². The number of carbonyl (C=O) groups excluding carboxylic acids is 2. The zero-order chi connectivity index (χ0) is 16.0. The molecule has 1 aliphatic rings. The minimum atomic E-state index is -0.551. The Bertz CT molecular complexity index is 362. The first-order valence-electron chi connectivity index (χ1n) is 7.78. The van der Waals surface area contributed by atoms with Gasteiger partial charge < -0.3 is 14.8 Å². The summed E-state index contributed by atoms with van der Waals surface area (Å²) in [4.78, 5) is 24.1. The van der Waals surface area contributed by atoms with Crippen molar-refractivity contribution in [1.82, 2.24) is 5.32 Å². The van der Waals surface area contributed by atoms with Gasteiger partial charge in [0.1, 0.15) is 11.4 Å². The largest absolute Gasteiger partial charge is 0.444 e. The van der Waals surface area contributed by atoms with Crippen LogP contribution in [0.3, 0.4) is 0 Å². The lowest BCUT2D eigenvalue weighted by Crippen LogP contribution is -2.49. The van der Waals surface area contributed by atoms with Gasteiger partial charge in [0.25, 0.3) is 0 Å². The molecule has 0 radical (unpaired) electrons. The maximum atomic E-state index is 12.2. The van der Waals surface area contributed by atoms with Gasteiger partial charge in [0, 0.05) is 19.4 Å². The minimum absolute atomic E-state index is 0.170. The van der Waals surface area contributed by atoms with Crippen LogP contribution in [0.5, 0.6) is 0 Å². The molecule has 0 aromatic carbocycles. The molecule has 0 aromatic rings. The number of ether oxygens (including phenoxy) is 2. The molecule has 3 atom stereocenters. The van der Waals surface area contributed by atoms with Crippen LogP contribution >= 0.6 is 0 Å². The smallest absolute Gasteiger partial charge is 0.407 e. The molecular formula is C16H29NO4. The Balaban J connectivity index is 2.70. The summed E-state index contributed by atoms with van der Waals surface area (Å²) in [6, 6.07) is -0.313. The molecule has 0 spiro atoms. The molecular weight excluding hydrogens is 270 g/mol. The Morgan fingerprint density at radius 2 is 2.10 bits per heavy atom. The molecule has 5 heteroatoms. The van der Waals surface area contributed by atoms with E-state index in [1.54, 1.807) is 7.11 Å². The van der Waals surface area contributed by atoms with Crippen LogP contribution in [0.4, 0.5) is 4.79 Å². The van der Waals surface area contributed by atoms with Gasteiger partial charge in [-0.2, -0.15) is 0 Å². The number of alkyl carbamates (subject to hydrolysis) is 1. The summed E-state index contributed by atoms with van der Waals surface area (Å²) in [5.41, 5.74) is -0.551. The molecule has 5 nitrogen and oxygen atoms in total. The van der Waals surface area contributed by atoms with Crippen LogP contribution in [0.25, 0.3) is 0 Å². The SMILES string of the molecule is CCC1CCC(=O)C(C(COC)NC(=O)OC(C)(C)C)C1. The van der Waals surface area contributed by atoms with Crippen LogP contribution in [0, 0.1) is 11.8 Å². The second-order valence-electron chi connectivity index (χ2n) is 6.83. The van der Waals surface area contributed by atoms with Crippen molar-refractivity contribution in [3.05, 3.63) is 0 Å². The van der Waals surface area contributed by atoms with E-state index in [0.717, 1.165) is 19.3 Å². The van der Waals surface area contributed by atoms with Gasteiger partial charge in [-0.3, -0.25) is 4.79 Å². The van der Waals surface area contributed by atoms with E-state index in [1.807, 2.05) is 20.8 Å². The van der Waals surface area contributed by atoms with Gasteiger partial charge in [0.05, 0.1) is 12.6 Å². The summed E-state index contributed by atoms with van der Waals surface area (Å²) < 4.78 is 10.5. The molecule has 3 unspecified atom stereocenters. The van der Waals surface area contributed by atoms with Crippen LogP contribution < -0.4 is 5.32 Å². The minimum Gasteiger partial charge on any atom is -0.444 e. The fourth-order valence-corrected chi connectivity index (χ4v) is 2.80. The van der Waals surface area contributed by atoms with Crippen LogP contribution in [0.2, 0.25) is 0 Å². The zero-order valence-electron chi connectivity index (χ0n) is 13.9. The van der Waals surface area contributed by atoms with Gasteiger partial charge in [-0.25, -0.2) is 4.79 Å². The highest BCUT2D eigenvalue weighted by atomic mass is 16.6. The number of carbonyl (C=O) groups is 2. The van der Waals surface area contributed by atoms with Crippen LogP contribution in [-0.4, -0.2) is 37.2 Å². The summed E-state index contributed by atoms with van der Waals surface area (Å²) in [6.45, 7) is 7.92. The van der Waals surface area contributed by atoms with E-state index in [2.05, 4.69) is 12.2 Å². The van der Waals surface area contributed by atoms with Crippen molar-refractivity contribution in [2.24, 2.45) is 11.8 Å². The summed E-state index contributed by atoms with van der Waals surface area (Å²) in [7, 11) is 1.58. The van der Waals surface area contributed by atoms with Gasteiger partial charge in [0.2, 0.25) is 0 Å². The van der Waals surface area contributed by atoms with E-state index in [9.17, 15) is 9.59 Å². The highest BCUT2D eigenvalue weighted by Gasteiger charge is 2.35. The zero-order valence-corrected chi connectivity index (χ0v) is 13.9. The number of Topliss-reactive ketones (excluding diaryl/α,β-unsaturated/α-hetero) is 1. The van der Waals surface area contributed by atoms with E-state index in [1.165, 1.54) is 0 Å². The molecule has 21 heavy (non-hydrogen) atoms. The van der Waals surface area contributed by atoms with E-state index >= 15 is 0 Å². The van der Waals surface area contributed by atoms with Gasteiger partial charge in [0.15, 0.2) is 0 Å². The van der Waals surface area contributed by atoms with Crippen molar-refractivity contribution in [2.75, 3.05) is 13.7 Å². The van der Waals surface area contributed by atoms with Gasteiger partial charge in [-0.05, 0) is 39.5 Å². The van der Waals surface area contributed by atoms with Crippen molar-refractivity contribution >= 4 is 11.9 Å². The Morgan fingerprint density at radius 3 is 2.62 bits per heavy atom. The summed E-state index contributed by atoms with van der Waals surface area (Å²) in [5.74, 6) is 0.599. The third-order valence-electron chi connectivity index (χ3n) is 3.91. The Labute approximate surface area is 127 Å². The molecule has 1 amide bonds. The van der Waals surface area contributed by atoms with Gasteiger partial charge in [-0.1, -0.05) is 13.3 Å². The Morgan fingerprint density at radius 1 is 1.43 bits per heavy atom. The third-order valence-corrected chi connectivity index (χ3v) is 3.91. The summed E-state index contributed by atoms with van der Waals surface area (Å²) in [6.07, 6.45) is 2.95. The van der Waals surface area contributed by atoms with Crippen LogP contribution in [-0.2, 0) is 14.3 Å². The number of nitrogens with one attached hydrogen (secondary N) is 1. The average molecular weight is 299 g/mol. The standard InChI is InChI=1S/C16H29NO4/c1-6-11-7-8-14(18)12(9-11)13(10-20-5)17-15(19)21-16(2,3)4/h11-13H,6-10H2,1-5H3,(H,17,19). The van der Waals surface area contributed by atoms with Crippen molar-refractivity contribution in [1.29, 1.82) is 0 Å². The molecule has 1 aliphatic carbocycles. The molecule has 0 heterocycles. The Kier molecular flexibility index (Phi) is 6.65. The van der Waals surface area contributed by atoms with Crippen molar-refractivity contribution in [3.63, 3.8) is 0 Å². The molecule has 0 saturated heterocycles. The van der Waals surface area contributed by atoms with E-state index < -0.39 is 11.7 Å². The third kappa shape index (κ3) is 6.04. The predicted molar refractivity (Wildman–Crippen MR) is 81.2 cm³/mol. The molecule has 0 bridgehead atoms. The Hall–Kier alpha value is -1.10. The predicted octanol–water partition coefficient (Wildman–Crippen LogP) is 2.92. The number of ketones is 1. The number of amides is 1. The monoisotopic (exact) mass is 299 g/mol. The average Bonchev–Trinajstić information content (AvgIpc) is 2.36. The van der Waals surface area contributed by atoms with Crippen molar-refractivity contribution in [2.45, 2.75) is 65.0 Å². The first kappa shape index (κ1) is 18.0. The van der Waals surface area contributed by atoms with Crippen molar-refractivity contribution in [3.8, 4) is 0 Å². The first-order valence-corrected chi connectivity index (χ1v) is 7.78.